The lowest BCUT2D eigenvalue weighted by Gasteiger charge is -2.02. The van der Waals surface area contributed by atoms with Gasteiger partial charge in [-0.25, -0.2) is 4.68 Å². The Morgan fingerprint density at radius 3 is 2.73 bits per heavy atom. The number of nitriles is 1. The fourth-order valence-electron chi connectivity index (χ4n) is 1.27. The lowest BCUT2D eigenvalue weighted by molar-refractivity contribution is 0.844. The summed E-state index contributed by atoms with van der Waals surface area (Å²) >= 11 is 5.92. The van der Waals surface area contributed by atoms with E-state index in [1.165, 1.54) is 10.7 Å². The van der Waals surface area contributed by atoms with Gasteiger partial charge in [0.05, 0.1) is 10.7 Å². The second kappa shape index (κ2) is 3.64. The smallest absolute Gasteiger partial charge is 0.272 e. The van der Waals surface area contributed by atoms with Crippen LogP contribution in [0.2, 0.25) is 5.02 Å². The van der Waals surface area contributed by atoms with E-state index < -0.39 is 0 Å². The molecule has 0 aliphatic carbocycles. The molecule has 0 atom stereocenters. The van der Waals surface area contributed by atoms with Crippen molar-refractivity contribution in [2.45, 2.75) is 0 Å². The summed E-state index contributed by atoms with van der Waals surface area (Å²) < 4.78 is 1.24. The molecule has 2 aromatic rings. The van der Waals surface area contributed by atoms with Crippen LogP contribution in [-0.2, 0) is 0 Å². The number of hydrogen-bond acceptors (Lipinski definition) is 2. The van der Waals surface area contributed by atoms with E-state index in [4.69, 9.17) is 16.9 Å². The second-order valence-corrected chi connectivity index (χ2v) is 3.31. The predicted molar refractivity (Wildman–Crippen MR) is 56.1 cm³/mol. The first-order valence-electron chi connectivity index (χ1n) is 4.19. The Morgan fingerprint density at radius 2 is 2.13 bits per heavy atom. The standard InChI is InChI=1S/C10H6ClN3O/c11-8-3-1-2-4-9(8)14-10(15)5-7(6-12)13-14/h1-5,13H. The molecule has 0 amide bonds. The van der Waals surface area contributed by atoms with Crippen molar-refractivity contribution in [2.75, 3.05) is 0 Å². The third-order valence-electron chi connectivity index (χ3n) is 1.93. The number of rotatable bonds is 1. The molecule has 4 nitrogen and oxygen atoms in total. The Morgan fingerprint density at radius 1 is 1.40 bits per heavy atom. The van der Waals surface area contributed by atoms with Crippen LogP contribution in [0.15, 0.2) is 35.1 Å². The maximum atomic E-state index is 11.5. The number of H-pyrrole nitrogens is 1. The van der Waals surface area contributed by atoms with Crippen LogP contribution in [0.5, 0.6) is 0 Å². The molecule has 15 heavy (non-hydrogen) atoms. The summed E-state index contributed by atoms with van der Waals surface area (Å²) in [4.78, 5) is 11.5. The van der Waals surface area contributed by atoms with Crippen molar-refractivity contribution in [3.63, 3.8) is 0 Å². The van der Waals surface area contributed by atoms with Gasteiger partial charge in [0.15, 0.2) is 0 Å². The Bertz CT molecular complexity index is 591. The Kier molecular flexibility index (Phi) is 2.32. The number of aromatic nitrogens is 2. The highest BCUT2D eigenvalue weighted by Crippen LogP contribution is 2.17. The van der Waals surface area contributed by atoms with Gasteiger partial charge in [-0.2, -0.15) is 5.26 Å². The van der Waals surface area contributed by atoms with Crippen LogP contribution in [0.25, 0.3) is 5.69 Å². The van der Waals surface area contributed by atoms with Crippen LogP contribution in [-0.4, -0.2) is 9.78 Å². The highest BCUT2D eigenvalue weighted by atomic mass is 35.5. The minimum absolute atomic E-state index is 0.208. The summed E-state index contributed by atoms with van der Waals surface area (Å²) in [5.74, 6) is 0. The highest BCUT2D eigenvalue weighted by Gasteiger charge is 2.06. The van der Waals surface area contributed by atoms with E-state index in [9.17, 15) is 4.79 Å². The molecule has 2 rings (SSSR count). The van der Waals surface area contributed by atoms with Crippen LogP contribution >= 0.6 is 11.6 Å². The number of para-hydroxylation sites is 1. The molecule has 0 aliphatic heterocycles. The number of hydrogen-bond donors (Lipinski definition) is 1. The van der Waals surface area contributed by atoms with Crippen LogP contribution in [0.4, 0.5) is 0 Å². The van der Waals surface area contributed by atoms with Gasteiger partial charge in [-0.1, -0.05) is 23.7 Å². The van der Waals surface area contributed by atoms with Crippen LogP contribution < -0.4 is 5.56 Å². The van der Waals surface area contributed by atoms with Gasteiger partial charge in [-0.3, -0.25) is 9.89 Å². The lowest BCUT2D eigenvalue weighted by atomic mass is 10.3. The fourth-order valence-corrected chi connectivity index (χ4v) is 1.49. The number of aromatic amines is 1. The molecule has 0 unspecified atom stereocenters. The van der Waals surface area contributed by atoms with Crippen molar-refractivity contribution >= 4 is 11.6 Å². The number of halogens is 1. The molecule has 0 bridgehead atoms. The summed E-state index contributed by atoms with van der Waals surface area (Å²) in [7, 11) is 0. The van der Waals surface area contributed by atoms with Gasteiger partial charge < -0.3 is 0 Å². The van der Waals surface area contributed by atoms with Crippen LogP contribution in [0.3, 0.4) is 0 Å². The van der Waals surface area contributed by atoms with Crippen molar-refractivity contribution in [2.24, 2.45) is 0 Å². The minimum Gasteiger partial charge on any atom is -0.281 e. The van der Waals surface area contributed by atoms with E-state index >= 15 is 0 Å². The Hall–Kier alpha value is -1.99. The first-order valence-corrected chi connectivity index (χ1v) is 4.57. The third-order valence-corrected chi connectivity index (χ3v) is 2.25. The Balaban J connectivity index is 2.65. The molecule has 0 radical (unpaired) electrons. The third kappa shape index (κ3) is 1.65. The molecule has 1 aromatic heterocycles. The van der Waals surface area contributed by atoms with Crippen molar-refractivity contribution in [3.8, 4) is 11.8 Å². The molecule has 1 heterocycles. The van der Waals surface area contributed by atoms with Crippen molar-refractivity contribution in [1.82, 2.24) is 9.78 Å². The van der Waals surface area contributed by atoms with E-state index in [0.29, 0.717) is 10.7 Å². The molecule has 0 aliphatic rings. The van der Waals surface area contributed by atoms with Gasteiger partial charge in [0, 0.05) is 6.07 Å². The molecule has 5 heteroatoms. The van der Waals surface area contributed by atoms with Crippen LogP contribution in [0.1, 0.15) is 5.69 Å². The zero-order chi connectivity index (χ0) is 10.8. The van der Waals surface area contributed by atoms with Crippen molar-refractivity contribution in [3.05, 3.63) is 51.4 Å². The largest absolute Gasteiger partial charge is 0.281 e. The number of benzene rings is 1. The van der Waals surface area contributed by atoms with E-state index in [0.717, 1.165) is 0 Å². The maximum absolute atomic E-state index is 11.5. The molecule has 1 N–H and O–H groups in total. The van der Waals surface area contributed by atoms with Crippen LogP contribution in [0, 0.1) is 11.3 Å². The van der Waals surface area contributed by atoms with Gasteiger partial charge in [0.25, 0.3) is 5.56 Å². The molecule has 0 saturated carbocycles. The van der Waals surface area contributed by atoms with Gasteiger partial charge in [0.2, 0.25) is 0 Å². The molecular weight excluding hydrogens is 214 g/mol. The highest BCUT2D eigenvalue weighted by molar-refractivity contribution is 6.32. The summed E-state index contributed by atoms with van der Waals surface area (Å²) in [6.45, 7) is 0. The first kappa shape index (κ1) is 9.56. The summed E-state index contributed by atoms with van der Waals surface area (Å²) in [6.07, 6.45) is 0. The fraction of sp³-hybridized carbons (Fsp3) is 0. The maximum Gasteiger partial charge on any atom is 0.272 e. The topological polar surface area (TPSA) is 61.6 Å². The quantitative estimate of drug-likeness (QED) is 0.794. The van der Waals surface area contributed by atoms with Gasteiger partial charge in [0.1, 0.15) is 11.8 Å². The van der Waals surface area contributed by atoms with E-state index in [2.05, 4.69) is 5.10 Å². The molecule has 0 spiro atoms. The van der Waals surface area contributed by atoms with E-state index in [1.54, 1.807) is 24.3 Å². The van der Waals surface area contributed by atoms with Crippen molar-refractivity contribution in [1.29, 1.82) is 5.26 Å². The second-order valence-electron chi connectivity index (χ2n) is 2.91. The van der Waals surface area contributed by atoms with Gasteiger partial charge >= 0.3 is 0 Å². The molecule has 0 saturated heterocycles. The van der Waals surface area contributed by atoms with Gasteiger partial charge in [-0.15, -0.1) is 0 Å². The minimum atomic E-state index is -0.306. The molecule has 1 aromatic carbocycles. The summed E-state index contributed by atoms with van der Waals surface area (Å²) in [5, 5.41) is 11.7. The number of nitrogens with one attached hydrogen (secondary N) is 1. The van der Waals surface area contributed by atoms with E-state index in [-0.39, 0.29) is 11.3 Å². The summed E-state index contributed by atoms with van der Waals surface area (Å²) in [6, 6.07) is 9.99. The SMILES string of the molecule is N#Cc1cc(=O)n(-c2ccccc2Cl)[nH]1. The molecule has 0 fully saturated rings. The van der Waals surface area contributed by atoms with Crippen molar-refractivity contribution < 1.29 is 0 Å². The Labute approximate surface area is 90.3 Å². The first-order chi connectivity index (χ1) is 7.22. The normalized spacial score (nSPS) is 9.87. The lowest BCUT2D eigenvalue weighted by Crippen LogP contribution is -2.13. The zero-order valence-electron chi connectivity index (χ0n) is 7.57. The van der Waals surface area contributed by atoms with Gasteiger partial charge in [-0.05, 0) is 12.1 Å². The predicted octanol–water partition coefficient (Wildman–Crippen LogP) is 1.69. The average molecular weight is 220 g/mol. The molecule has 74 valence electrons. The molecular formula is C10H6ClN3O. The zero-order valence-corrected chi connectivity index (χ0v) is 8.32. The monoisotopic (exact) mass is 219 g/mol. The average Bonchev–Trinajstić information content (AvgIpc) is 2.60. The number of nitrogens with zero attached hydrogens (tertiary/aromatic N) is 2. The summed E-state index contributed by atoms with van der Waals surface area (Å²) in [5.41, 5.74) is 0.435. The van der Waals surface area contributed by atoms with E-state index in [1.807, 2.05) is 6.07 Å².